The largest absolute Gasteiger partial charge is 0.396 e. The van der Waals surface area contributed by atoms with Gasteiger partial charge in [0.05, 0.1) is 5.69 Å². The first-order chi connectivity index (χ1) is 12.5. The number of benzene rings is 2. The maximum absolute atomic E-state index is 14.2. The van der Waals surface area contributed by atoms with Crippen molar-refractivity contribution in [3.8, 4) is 11.1 Å². The fourth-order valence-corrected chi connectivity index (χ4v) is 3.05. The maximum atomic E-state index is 14.2. The van der Waals surface area contributed by atoms with Crippen LogP contribution in [0.4, 0.5) is 14.5 Å². The predicted octanol–water partition coefficient (Wildman–Crippen LogP) is 3.44. The minimum Gasteiger partial charge on any atom is -0.396 e. The first-order valence-corrected chi connectivity index (χ1v) is 8.36. The van der Waals surface area contributed by atoms with Gasteiger partial charge < -0.3 is 11.1 Å². The minimum atomic E-state index is -0.578. The summed E-state index contributed by atoms with van der Waals surface area (Å²) in [4.78, 5) is 12.4. The first-order valence-electron chi connectivity index (χ1n) is 8.36. The van der Waals surface area contributed by atoms with E-state index in [1.54, 1.807) is 18.2 Å². The molecule has 26 heavy (non-hydrogen) atoms. The molecule has 0 atom stereocenters. The third-order valence-corrected chi connectivity index (χ3v) is 4.71. The summed E-state index contributed by atoms with van der Waals surface area (Å²) in [6, 6.07) is 8.30. The topological polar surface area (TPSA) is 80.9 Å². The van der Waals surface area contributed by atoms with E-state index in [2.05, 4.69) is 15.5 Å². The number of carbonyl (C=O) groups is 1. The Hall–Kier alpha value is -3.09. The van der Waals surface area contributed by atoms with Crippen LogP contribution in [0.25, 0.3) is 22.0 Å². The normalized spacial score (nSPS) is 14.2. The van der Waals surface area contributed by atoms with E-state index < -0.39 is 11.6 Å². The molecule has 0 spiro atoms. The molecule has 1 saturated carbocycles. The molecule has 0 aliphatic heterocycles. The smallest absolute Gasteiger partial charge is 0.274 e. The highest BCUT2D eigenvalue weighted by molar-refractivity contribution is 6.07. The lowest BCUT2D eigenvalue weighted by Crippen LogP contribution is -2.40. The van der Waals surface area contributed by atoms with Gasteiger partial charge in [-0.3, -0.25) is 4.79 Å². The number of carbonyl (C=O) groups excluding carboxylic acids is 1. The zero-order chi connectivity index (χ0) is 18.3. The molecule has 1 aliphatic carbocycles. The monoisotopic (exact) mass is 354 g/mol. The molecule has 1 heterocycles. The molecule has 3 aromatic rings. The Labute approximate surface area is 148 Å². The van der Waals surface area contributed by atoms with Gasteiger partial charge in [-0.1, -0.05) is 18.2 Å². The van der Waals surface area contributed by atoms with Crippen LogP contribution in [0.1, 0.15) is 29.8 Å². The van der Waals surface area contributed by atoms with E-state index in [1.807, 2.05) is 0 Å². The standard InChI is InChI=1S/C19H16F2N4O/c20-10-7-8-15(21)14(9-10)12-5-2-6-13-16(22)18(25-24-17(12)13)19(26)23-11-3-1-4-11/h2,5-9,11H,1,3-4H2,(H2,22,24)(H,23,26). The molecule has 1 aliphatic rings. The van der Waals surface area contributed by atoms with Gasteiger partial charge in [0, 0.05) is 22.6 Å². The molecule has 0 radical (unpaired) electrons. The zero-order valence-electron chi connectivity index (χ0n) is 13.8. The number of nitrogens with zero attached hydrogens (tertiary/aromatic N) is 2. The van der Waals surface area contributed by atoms with Gasteiger partial charge in [0.25, 0.3) is 5.91 Å². The average Bonchev–Trinajstić information content (AvgIpc) is 2.60. The summed E-state index contributed by atoms with van der Waals surface area (Å²) in [5.74, 6) is -1.51. The van der Waals surface area contributed by atoms with Gasteiger partial charge in [-0.2, -0.15) is 0 Å². The summed E-state index contributed by atoms with van der Waals surface area (Å²) in [6.07, 6.45) is 2.97. The molecular formula is C19H16F2N4O. The lowest BCUT2D eigenvalue weighted by atomic mass is 9.93. The number of hydrogen-bond donors (Lipinski definition) is 2. The van der Waals surface area contributed by atoms with Gasteiger partial charge in [-0.25, -0.2) is 8.78 Å². The predicted molar refractivity (Wildman–Crippen MR) is 94.4 cm³/mol. The molecular weight excluding hydrogens is 338 g/mol. The second kappa shape index (κ2) is 6.33. The molecule has 2 aromatic carbocycles. The molecule has 132 valence electrons. The molecule has 0 unspecified atom stereocenters. The molecule has 1 aromatic heterocycles. The van der Waals surface area contributed by atoms with Crippen molar-refractivity contribution in [2.24, 2.45) is 0 Å². The van der Waals surface area contributed by atoms with Gasteiger partial charge in [0.2, 0.25) is 0 Å². The molecule has 0 saturated heterocycles. The van der Waals surface area contributed by atoms with Crippen molar-refractivity contribution in [2.45, 2.75) is 25.3 Å². The highest BCUT2D eigenvalue weighted by atomic mass is 19.1. The van der Waals surface area contributed by atoms with Crippen LogP contribution in [0.15, 0.2) is 36.4 Å². The molecule has 7 heteroatoms. The number of amides is 1. The number of hydrogen-bond acceptors (Lipinski definition) is 4. The Kier molecular flexibility index (Phi) is 3.99. The van der Waals surface area contributed by atoms with Crippen molar-refractivity contribution in [3.63, 3.8) is 0 Å². The summed E-state index contributed by atoms with van der Waals surface area (Å²) in [7, 11) is 0. The molecule has 4 rings (SSSR count). The second-order valence-electron chi connectivity index (χ2n) is 6.39. The van der Waals surface area contributed by atoms with Gasteiger partial charge >= 0.3 is 0 Å². The fraction of sp³-hybridized carbons (Fsp3) is 0.211. The Morgan fingerprint density at radius 1 is 1.12 bits per heavy atom. The van der Waals surface area contributed by atoms with E-state index in [1.165, 1.54) is 0 Å². The van der Waals surface area contributed by atoms with Gasteiger partial charge in [0.15, 0.2) is 5.69 Å². The fourth-order valence-electron chi connectivity index (χ4n) is 3.05. The Morgan fingerprint density at radius 3 is 2.65 bits per heavy atom. The van der Waals surface area contributed by atoms with Crippen LogP contribution in [0.2, 0.25) is 0 Å². The van der Waals surface area contributed by atoms with E-state index in [-0.39, 0.29) is 28.9 Å². The number of aromatic nitrogens is 2. The van der Waals surface area contributed by atoms with Gasteiger partial charge in [-0.15, -0.1) is 10.2 Å². The summed E-state index contributed by atoms with van der Waals surface area (Å²) in [6.45, 7) is 0. The Balaban J connectivity index is 1.81. The number of rotatable bonds is 3. The highest BCUT2D eigenvalue weighted by Gasteiger charge is 2.23. The van der Waals surface area contributed by atoms with E-state index in [4.69, 9.17) is 5.73 Å². The molecule has 5 nitrogen and oxygen atoms in total. The molecule has 0 bridgehead atoms. The zero-order valence-corrected chi connectivity index (χ0v) is 13.8. The van der Waals surface area contributed by atoms with Gasteiger partial charge in [-0.05, 0) is 37.5 Å². The van der Waals surface area contributed by atoms with Crippen LogP contribution < -0.4 is 11.1 Å². The van der Waals surface area contributed by atoms with Crippen molar-refractivity contribution in [1.29, 1.82) is 0 Å². The van der Waals surface area contributed by atoms with Crippen LogP contribution in [-0.2, 0) is 0 Å². The van der Waals surface area contributed by atoms with Crippen molar-refractivity contribution in [2.75, 3.05) is 5.73 Å². The van der Waals surface area contributed by atoms with Crippen LogP contribution in [-0.4, -0.2) is 22.1 Å². The van der Waals surface area contributed by atoms with Crippen LogP contribution in [0, 0.1) is 11.6 Å². The van der Waals surface area contributed by atoms with E-state index >= 15 is 0 Å². The van der Waals surface area contributed by atoms with Gasteiger partial charge in [0.1, 0.15) is 17.2 Å². The number of nitrogens with two attached hydrogens (primary N) is 1. The Morgan fingerprint density at radius 2 is 1.92 bits per heavy atom. The summed E-state index contributed by atoms with van der Waals surface area (Å²) in [5.41, 5.74) is 7.10. The van der Waals surface area contributed by atoms with Crippen molar-refractivity contribution in [1.82, 2.24) is 15.5 Å². The average molecular weight is 354 g/mol. The summed E-state index contributed by atoms with van der Waals surface area (Å²) >= 11 is 0. The number of halogens is 2. The van der Waals surface area contributed by atoms with Crippen LogP contribution >= 0.6 is 0 Å². The number of fused-ring (bicyclic) bond motifs is 1. The van der Waals surface area contributed by atoms with Crippen LogP contribution in [0.3, 0.4) is 0 Å². The molecule has 3 N–H and O–H groups in total. The SMILES string of the molecule is Nc1c(C(=O)NC2CCC2)nnc2c(-c3cc(F)ccc3F)cccc12. The third kappa shape index (κ3) is 2.75. The molecule has 1 fully saturated rings. The highest BCUT2D eigenvalue weighted by Crippen LogP contribution is 2.32. The summed E-state index contributed by atoms with van der Waals surface area (Å²) < 4.78 is 27.7. The second-order valence-corrected chi connectivity index (χ2v) is 6.39. The van der Waals surface area contributed by atoms with E-state index in [0.29, 0.717) is 16.5 Å². The van der Waals surface area contributed by atoms with Crippen LogP contribution in [0.5, 0.6) is 0 Å². The maximum Gasteiger partial charge on any atom is 0.274 e. The number of nitrogens with one attached hydrogen (secondary N) is 1. The lowest BCUT2D eigenvalue weighted by molar-refractivity contribution is 0.0912. The number of anilines is 1. The molecule has 1 amide bonds. The van der Waals surface area contributed by atoms with Crippen molar-refractivity contribution in [3.05, 3.63) is 53.7 Å². The summed E-state index contributed by atoms with van der Waals surface area (Å²) in [5, 5.41) is 11.4. The Bertz CT molecular complexity index is 1020. The van der Waals surface area contributed by atoms with Crippen molar-refractivity contribution < 1.29 is 13.6 Å². The third-order valence-electron chi connectivity index (χ3n) is 4.71. The van der Waals surface area contributed by atoms with Crippen molar-refractivity contribution >= 4 is 22.5 Å². The first kappa shape index (κ1) is 16.4. The quantitative estimate of drug-likeness (QED) is 0.755. The minimum absolute atomic E-state index is 0.0428. The lowest BCUT2D eigenvalue weighted by Gasteiger charge is -2.26. The van der Waals surface area contributed by atoms with E-state index in [0.717, 1.165) is 37.5 Å². The van der Waals surface area contributed by atoms with E-state index in [9.17, 15) is 13.6 Å². The number of nitrogen functional groups attached to an aromatic ring is 1.